The number of aryl methyl sites for hydroxylation is 1. The maximum atomic E-state index is 4.61. The quantitative estimate of drug-likeness (QED) is 0.245. The van der Waals surface area contributed by atoms with E-state index in [1.807, 2.05) is 18.8 Å². The maximum Gasteiger partial charge on any atom is 0.193 e. The number of piperidine rings is 1. The van der Waals surface area contributed by atoms with Gasteiger partial charge in [0.1, 0.15) is 0 Å². The van der Waals surface area contributed by atoms with Crippen LogP contribution in [0.25, 0.3) is 0 Å². The van der Waals surface area contributed by atoms with E-state index in [9.17, 15) is 0 Å². The highest BCUT2D eigenvalue weighted by atomic mass is 127. The molecule has 2 rings (SSSR count). The minimum atomic E-state index is 0. The second kappa shape index (κ2) is 12.8. The Hall–Kier alpha value is -0.830. The van der Waals surface area contributed by atoms with Crippen molar-refractivity contribution in [1.29, 1.82) is 0 Å². The van der Waals surface area contributed by atoms with E-state index in [2.05, 4.69) is 66.1 Å². The van der Waals surface area contributed by atoms with E-state index in [1.165, 1.54) is 50.2 Å². The zero-order valence-corrected chi connectivity index (χ0v) is 21.9. The second-order valence-electron chi connectivity index (χ2n) is 9.11. The van der Waals surface area contributed by atoms with E-state index in [0.717, 1.165) is 30.9 Å². The number of guanidine groups is 1. The molecular weight excluding hydrogens is 475 g/mol. The molecule has 6 nitrogen and oxygen atoms in total. The first-order chi connectivity index (χ1) is 13.3. The standard InChI is InChI=1S/C22H42N6.HI/c1-17(2)21-20(16-27(7)25-21)15-26(6)22(23-5)24-10-8-9-11-28-13-18(3)12-19(4)14-28;/h16-19H,8-15H2,1-7H3,(H,23,24);1H. The van der Waals surface area contributed by atoms with Gasteiger partial charge in [-0.1, -0.05) is 27.7 Å². The molecule has 0 bridgehead atoms. The normalized spacial score (nSPS) is 20.6. The Kier molecular flexibility index (Phi) is 11.5. The Morgan fingerprint density at radius 1 is 1.28 bits per heavy atom. The largest absolute Gasteiger partial charge is 0.356 e. The van der Waals surface area contributed by atoms with Gasteiger partial charge in [0.25, 0.3) is 0 Å². The van der Waals surface area contributed by atoms with E-state index in [1.54, 1.807) is 0 Å². The molecule has 0 saturated carbocycles. The molecule has 1 fully saturated rings. The Morgan fingerprint density at radius 2 is 1.93 bits per heavy atom. The Morgan fingerprint density at radius 3 is 2.52 bits per heavy atom. The summed E-state index contributed by atoms with van der Waals surface area (Å²) in [5.41, 5.74) is 2.45. The smallest absolute Gasteiger partial charge is 0.193 e. The predicted molar refractivity (Wildman–Crippen MR) is 134 cm³/mol. The second-order valence-corrected chi connectivity index (χ2v) is 9.11. The summed E-state index contributed by atoms with van der Waals surface area (Å²) in [6.07, 6.45) is 5.93. The molecule has 29 heavy (non-hydrogen) atoms. The van der Waals surface area contributed by atoms with Gasteiger partial charge in [-0.05, 0) is 43.6 Å². The van der Waals surface area contributed by atoms with Crippen molar-refractivity contribution < 1.29 is 0 Å². The fourth-order valence-electron chi connectivity index (χ4n) is 4.51. The van der Waals surface area contributed by atoms with E-state index >= 15 is 0 Å². The average Bonchev–Trinajstić information content (AvgIpc) is 2.97. The van der Waals surface area contributed by atoms with Crippen LogP contribution in [0.2, 0.25) is 0 Å². The monoisotopic (exact) mass is 518 g/mol. The van der Waals surface area contributed by atoms with Gasteiger partial charge in [0.2, 0.25) is 0 Å². The highest BCUT2D eigenvalue weighted by molar-refractivity contribution is 14.0. The van der Waals surface area contributed by atoms with Crippen LogP contribution in [0, 0.1) is 11.8 Å². The molecule has 1 N–H and O–H groups in total. The molecule has 2 heterocycles. The molecular formula is C22H43IN6. The van der Waals surface area contributed by atoms with E-state index in [-0.39, 0.29) is 24.0 Å². The van der Waals surface area contributed by atoms with Crippen LogP contribution < -0.4 is 5.32 Å². The molecule has 1 saturated heterocycles. The van der Waals surface area contributed by atoms with Crippen molar-refractivity contribution in [2.45, 2.75) is 59.4 Å². The van der Waals surface area contributed by atoms with Crippen molar-refractivity contribution in [3.63, 3.8) is 0 Å². The molecule has 1 aromatic heterocycles. The SMILES string of the molecule is CN=C(NCCCCN1CC(C)CC(C)C1)N(C)Cc1cn(C)nc1C(C)C.I. The van der Waals surface area contributed by atoms with Gasteiger partial charge in [0.05, 0.1) is 5.69 Å². The van der Waals surface area contributed by atoms with E-state index in [4.69, 9.17) is 0 Å². The van der Waals surface area contributed by atoms with Gasteiger partial charge >= 0.3 is 0 Å². The third-order valence-corrected chi connectivity index (χ3v) is 5.59. The first kappa shape index (κ1) is 26.2. The van der Waals surface area contributed by atoms with Gasteiger partial charge in [0, 0.05) is 59.1 Å². The van der Waals surface area contributed by atoms with Gasteiger partial charge < -0.3 is 15.1 Å². The number of hydrogen-bond acceptors (Lipinski definition) is 3. The summed E-state index contributed by atoms with van der Waals surface area (Å²) in [5, 5.41) is 8.15. The summed E-state index contributed by atoms with van der Waals surface area (Å²) in [6.45, 7) is 14.7. The maximum absolute atomic E-state index is 4.61. The van der Waals surface area contributed by atoms with Gasteiger partial charge in [-0.2, -0.15) is 5.10 Å². The van der Waals surface area contributed by atoms with Crippen LogP contribution >= 0.6 is 24.0 Å². The van der Waals surface area contributed by atoms with Crippen molar-refractivity contribution in [3.8, 4) is 0 Å². The van der Waals surface area contributed by atoms with Crippen LogP contribution in [-0.4, -0.2) is 65.8 Å². The minimum Gasteiger partial charge on any atom is -0.356 e. The molecule has 0 aromatic carbocycles. The van der Waals surface area contributed by atoms with Crippen LogP contribution in [0.4, 0.5) is 0 Å². The fraction of sp³-hybridized carbons (Fsp3) is 0.818. The van der Waals surface area contributed by atoms with E-state index < -0.39 is 0 Å². The van der Waals surface area contributed by atoms with Crippen LogP contribution in [-0.2, 0) is 13.6 Å². The molecule has 0 radical (unpaired) electrons. The summed E-state index contributed by atoms with van der Waals surface area (Å²) in [4.78, 5) is 9.31. The van der Waals surface area contributed by atoms with Gasteiger partial charge in [-0.15, -0.1) is 24.0 Å². The average molecular weight is 519 g/mol. The summed E-state index contributed by atoms with van der Waals surface area (Å²) in [7, 11) is 5.96. The van der Waals surface area contributed by atoms with Crippen molar-refractivity contribution >= 4 is 29.9 Å². The lowest BCUT2D eigenvalue weighted by Crippen LogP contribution is -2.40. The summed E-state index contributed by atoms with van der Waals surface area (Å²) in [5.74, 6) is 3.08. The van der Waals surface area contributed by atoms with Crippen molar-refractivity contribution in [3.05, 3.63) is 17.5 Å². The molecule has 7 heteroatoms. The topological polar surface area (TPSA) is 48.7 Å². The van der Waals surface area contributed by atoms with E-state index in [0.29, 0.717) is 5.92 Å². The third-order valence-electron chi connectivity index (χ3n) is 5.59. The first-order valence-electron chi connectivity index (χ1n) is 11.0. The molecule has 2 atom stereocenters. The molecule has 2 unspecified atom stereocenters. The number of aromatic nitrogens is 2. The Labute approximate surface area is 195 Å². The zero-order valence-electron chi connectivity index (χ0n) is 19.6. The lowest BCUT2D eigenvalue weighted by atomic mass is 9.92. The lowest BCUT2D eigenvalue weighted by molar-refractivity contribution is 0.139. The number of hydrogen-bond donors (Lipinski definition) is 1. The summed E-state index contributed by atoms with van der Waals surface area (Å²) in [6, 6.07) is 0. The number of halogens is 1. The fourth-order valence-corrected chi connectivity index (χ4v) is 4.51. The molecule has 0 amide bonds. The van der Waals surface area contributed by atoms with Crippen molar-refractivity contribution in [2.75, 3.05) is 40.3 Å². The van der Waals surface area contributed by atoms with Crippen molar-refractivity contribution in [1.82, 2.24) is 24.9 Å². The van der Waals surface area contributed by atoms with Crippen molar-refractivity contribution in [2.24, 2.45) is 23.9 Å². The summed E-state index contributed by atoms with van der Waals surface area (Å²) >= 11 is 0. The molecule has 168 valence electrons. The molecule has 1 aliphatic heterocycles. The molecule has 0 aliphatic carbocycles. The number of likely N-dealkylation sites (tertiary alicyclic amines) is 1. The van der Waals surface area contributed by atoms with Crippen LogP contribution in [0.3, 0.4) is 0 Å². The van der Waals surface area contributed by atoms with Gasteiger partial charge in [0.15, 0.2) is 5.96 Å². The number of rotatable bonds is 8. The number of nitrogens with one attached hydrogen (secondary N) is 1. The first-order valence-corrected chi connectivity index (χ1v) is 11.0. The highest BCUT2D eigenvalue weighted by Gasteiger charge is 2.21. The molecule has 1 aromatic rings. The highest BCUT2D eigenvalue weighted by Crippen LogP contribution is 2.21. The minimum absolute atomic E-state index is 0. The van der Waals surface area contributed by atoms with Gasteiger partial charge in [-0.3, -0.25) is 9.67 Å². The Bertz CT molecular complexity index is 617. The predicted octanol–water partition coefficient (Wildman–Crippen LogP) is 3.93. The zero-order chi connectivity index (χ0) is 20.7. The number of aliphatic imine (C=N–C) groups is 1. The van der Waals surface area contributed by atoms with Crippen LogP contribution in [0.15, 0.2) is 11.2 Å². The van der Waals surface area contributed by atoms with Crippen LogP contribution in [0.5, 0.6) is 0 Å². The lowest BCUT2D eigenvalue weighted by Gasteiger charge is -2.35. The Balaban J connectivity index is 0.00000420. The summed E-state index contributed by atoms with van der Waals surface area (Å²) < 4.78 is 1.91. The number of unbranched alkanes of at least 4 members (excludes halogenated alkanes) is 1. The number of nitrogens with zero attached hydrogens (tertiary/aromatic N) is 5. The molecule has 0 spiro atoms. The molecule has 1 aliphatic rings. The van der Waals surface area contributed by atoms with Crippen LogP contribution in [0.1, 0.15) is 64.1 Å². The third kappa shape index (κ3) is 8.44. The van der Waals surface area contributed by atoms with Gasteiger partial charge in [-0.25, -0.2) is 0 Å².